The zero-order valence-electron chi connectivity index (χ0n) is 9.12. The van der Waals surface area contributed by atoms with Gasteiger partial charge in [-0.15, -0.1) is 0 Å². The highest BCUT2D eigenvalue weighted by atomic mass is 19.4. The minimum absolute atomic E-state index is 0.211. The predicted molar refractivity (Wildman–Crippen MR) is 52.2 cm³/mol. The van der Waals surface area contributed by atoms with Gasteiger partial charge in [0, 0.05) is 12.5 Å². The molecule has 1 N–H and O–H groups in total. The van der Waals surface area contributed by atoms with E-state index in [1.807, 2.05) is 20.8 Å². The van der Waals surface area contributed by atoms with Crippen molar-refractivity contribution >= 4 is 0 Å². The highest BCUT2D eigenvalue weighted by molar-refractivity contribution is 4.70. The van der Waals surface area contributed by atoms with Crippen molar-refractivity contribution in [3.8, 4) is 0 Å². The van der Waals surface area contributed by atoms with Crippen LogP contribution in [0, 0.1) is 5.92 Å². The molecule has 0 rings (SSSR count). The molecule has 0 aliphatic rings. The first-order valence-corrected chi connectivity index (χ1v) is 5.17. The molecule has 0 aromatic carbocycles. The number of halogens is 3. The van der Waals surface area contributed by atoms with Gasteiger partial charge in [-0.05, 0) is 25.3 Å². The van der Waals surface area contributed by atoms with E-state index in [0.717, 1.165) is 6.54 Å². The lowest BCUT2D eigenvalue weighted by Crippen LogP contribution is -2.33. The Bertz CT molecular complexity index is 143. The van der Waals surface area contributed by atoms with Gasteiger partial charge < -0.3 is 5.32 Å². The second kappa shape index (κ2) is 6.27. The lowest BCUT2D eigenvalue weighted by Gasteiger charge is -2.21. The van der Waals surface area contributed by atoms with Gasteiger partial charge in [0.15, 0.2) is 0 Å². The predicted octanol–water partition coefficient (Wildman–Crippen LogP) is 3.35. The van der Waals surface area contributed by atoms with Crippen molar-refractivity contribution in [2.45, 2.75) is 52.3 Å². The smallest absolute Gasteiger partial charge is 0.314 e. The maximum Gasteiger partial charge on any atom is 0.389 e. The summed E-state index contributed by atoms with van der Waals surface area (Å²) in [6.07, 6.45) is -3.85. The van der Waals surface area contributed by atoms with Crippen LogP contribution in [0.4, 0.5) is 13.2 Å². The highest BCUT2D eigenvalue weighted by Crippen LogP contribution is 2.23. The Kier molecular flexibility index (Phi) is 6.16. The van der Waals surface area contributed by atoms with E-state index >= 15 is 0 Å². The maximum absolute atomic E-state index is 11.9. The number of hydrogen-bond acceptors (Lipinski definition) is 1. The van der Waals surface area contributed by atoms with Gasteiger partial charge in [0.2, 0.25) is 0 Å². The van der Waals surface area contributed by atoms with Gasteiger partial charge in [0.1, 0.15) is 0 Å². The van der Waals surface area contributed by atoms with Crippen LogP contribution < -0.4 is 5.32 Å². The number of alkyl halides is 3. The van der Waals surface area contributed by atoms with Crippen molar-refractivity contribution in [1.82, 2.24) is 5.32 Å². The average Bonchev–Trinajstić information content (AvgIpc) is 2.00. The van der Waals surface area contributed by atoms with Gasteiger partial charge in [-0.25, -0.2) is 0 Å². The van der Waals surface area contributed by atoms with E-state index in [1.165, 1.54) is 0 Å². The van der Waals surface area contributed by atoms with Crippen LogP contribution >= 0.6 is 0 Å². The second-order valence-electron chi connectivity index (χ2n) is 3.92. The maximum atomic E-state index is 11.9. The molecule has 4 heteroatoms. The molecule has 0 bridgehead atoms. The minimum atomic E-state index is -4.01. The molecule has 0 fully saturated rings. The first kappa shape index (κ1) is 13.8. The molecule has 0 radical (unpaired) electrons. The van der Waals surface area contributed by atoms with Crippen molar-refractivity contribution in [2.24, 2.45) is 5.92 Å². The normalized spacial score (nSPS) is 14.8. The molecule has 0 saturated carbocycles. The van der Waals surface area contributed by atoms with Crippen molar-refractivity contribution < 1.29 is 13.2 Å². The van der Waals surface area contributed by atoms with Gasteiger partial charge in [0.05, 0.1) is 0 Å². The molecule has 0 amide bonds. The van der Waals surface area contributed by atoms with E-state index < -0.39 is 12.6 Å². The molecular formula is C10H20F3N. The van der Waals surface area contributed by atoms with Gasteiger partial charge in [-0.3, -0.25) is 0 Å². The summed E-state index contributed by atoms with van der Waals surface area (Å²) in [5.41, 5.74) is 0. The fourth-order valence-electron chi connectivity index (χ4n) is 1.46. The van der Waals surface area contributed by atoms with Crippen molar-refractivity contribution in [1.29, 1.82) is 0 Å². The molecule has 14 heavy (non-hydrogen) atoms. The molecule has 0 aliphatic carbocycles. The lowest BCUT2D eigenvalue weighted by molar-refractivity contribution is -0.136. The van der Waals surface area contributed by atoms with Crippen molar-refractivity contribution in [3.63, 3.8) is 0 Å². The monoisotopic (exact) mass is 211 g/mol. The number of rotatable bonds is 6. The first-order valence-electron chi connectivity index (χ1n) is 5.17. The Morgan fingerprint density at radius 2 is 1.79 bits per heavy atom. The molecule has 1 unspecified atom stereocenters. The number of hydrogen-bond donors (Lipinski definition) is 1. The van der Waals surface area contributed by atoms with E-state index in [0.29, 0.717) is 12.3 Å². The fourth-order valence-corrected chi connectivity index (χ4v) is 1.46. The highest BCUT2D eigenvalue weighted by Gasteiger charge is 2.26. The molecule has 0 heterocycles. The molecular weight excluding hydrogens is 191 g/mol. The lowest BCUT2D eigenvalue weighted by atomic mass is 9.98. The zero-order chi connectivity index (χ0) is 11.2. The Morgan fingerprint density at radius 3 is 2.14 bits per heavy atom. The van der Waals surface area contributed by atoms with Crippen LogP contribution in [0.5, 0.6) is 0 Å². The van der Waals surface area contributed by atoms with Crippen LogP contribution in [0.25, 0.3) is 0 Å². The molecule has 0 saturated heterocycles. The van der Waals surface area contributed by atoms with Crippen LogP contribution in [-0.4, -0.2) is 18.8 Å². The SMILES string of the molecule is CCNC(CCCC(F)(F)F)C(C)C. The largest absolute Gasteiger partial charge is 0.389 e. The van der Waals surface area contributed by atoms with E-state index in [-0.39, 0.29) is 12.5 Å². The Hall–Kier alpha value is -0.250. The topological polar surface area (TPSA) is 12.0 Å². The Labute approximate surface area is 84.1 Å². The summed E-state index contributed by atoms with van der Waals surface area (Å²) in [5, 5.41) is 3.20. The van der Waals surface area contributed by atoms with Gasteiger partial charge in [-0.1, -0.05) is 20.8 Å². The third-order valence-electron chi connectivity index (χ3n) is 2.25. The summed E-state index contributed by atoms with van der Waals surface area (Å²) in [5.74, 6) is 0.392. The molecule has 0 aliphatic heterocycles. The van der Waals surface area contributed by atoms with Crippen LogP contribution in [0.3, 0.4) is 0 Å². The average molecular weight is 211 g/mol. The number of nitrogens with one attached hydrogen (secondary N) is 1. The van der Waals surface area contributed by atoms with Crippen LogP contribution in [0.2, 0.25) is 0 Å². The summed E-state index contributed by atoms with van der Waals surface area (Å²) in [6, 6.07) is 0.211. The third kappa shape index (κ3) is 7.18. The summed E-state index contributed by atoms with van der Waals surface area (Å²) in [7, 11) is 0. The van der Waals surface area contributed by atoms with Crippen LogP contribution in [-0.2, 0) is 0 Å². The van der Waals surface area contributed by atoms with Gasteiger partial charge in [0.25, 0.3) is 0 Å². The summed E-state index contributed by atoms with van der Waals surface area (Å²) >= 11 is 0. The van der Waals surface area contributed by atoms with Crippen LogP contribution in [0.1, 0.15) is 40.0 Å². The summed E-state index contributed by atoms with van der Waals surface area (Å²) in [4.78, 5) is 0. The Morgan fingerprint density at radius 1 is 1.21 bits per heavy atom. The van der Waals surface area contributed by atoms with Crippen LogP contribution in [0.15, 0.2) is 0 Å². The van der Waals surface area contributed by atoms with Gasteiger partial charge in [-0.2, -0.15) is 13.2 Å². The zero-order valence-corrected chi connectivity index (χ0v) is 9.12. The standard InChI is InChI=1S/C10H20F3N/c1-4-14-9(8(2)3)6-5-7-10(11,12)13/h8-9,14H,4-7H2,1-3H3. The molecule has 0 aromatic heterocycles. The summed E-state index contributed by atoms with van der Waals surface area (Å²) < 4.78 is 35.6. The van der Waals surface area contributed by atoms with Crippen molar-refractivity contribution in [3.05, 3.63) is 0 Å². The quantitative estimate of drug-likeness (QED) is 0.710. The fraction of sp³-hybridized carbons (Fsp3) is 1.00. The Balaban J connectivity index is 3.72. The third-order valence-corrected chi connectivity index (χ3v) is 2.25. The molecule has 86 valence electrons. The molecule has 1 nitrogen and oxygen atoms in total. The first-order chi connectivity index (χ1) is 6.37. The van der Waals surface area contributed by atoms with E-state index in [1.54, 1.807) is 0 Å². The van der Waals surface area contributed by atoms with E-state index in [4.69, 9.17) is 0 Å². The van der Waals surface area contributed by atoms with Crippen molar-refractivity contribution in [2.75, 3.05) is 6.54 Å². The molecule has 1 atom stereocenters. The van der Waals surface area contributed by atoms with E-state index in [2.05, 4.69) is 5.32 Å². The summed E-state index contributed by atoms with van der Waals surface area (Å²) in [6.45, 7) is 6.84. The minimum Gasteiger partial charge on any atom is -0.314 e. The van der Waals surface area contributed by atoms with E-state index in [9.17, 15) is 13.2 Å². The molecule has 0 spiro atoms. The second-order valence-corrected chi connectivity index (χ2v) is 3.92. The molecule has 0 aromatic rings. The van der Waals surface area contributed by atoms with Gasteiger partial charge >= 0.3 is 6.18 Å².